The third-order valence-electron chi connectivity index (χ3n) is 3.79. The SMILES string of the molecule is CCNC(c1ccc(Cl)c(Cl)c1)c1nc2c(s1)CCCC2. The normalized spacial score (nSPS) is 15.8. The molecule has 0 amide bonds. The highest BCUT2D eigenvalue weighted by atomic mass is 35.5. The van der Waals surface area contributed by atoms with E-state index in [1.165, 1.54) is 29.8 Å². The number of nitrogens with zero attached hydrogens (tertiary/aromatic N) is 1. The van der Waals surface area contributed by atoms with E-state index in [1.54, 1.807) is 0 Å². The van der Waals surface area contributed by atoms with Gasteiger partial charge in [-0.05, 0) is 49.9 Å². The minimum atomic E-state index is 0.0976. The molecule has 1 unspecified atom stereocenters. The van der Waals surface area contributed by atoms with E-state index in [-0.39, 0.29) is 6.04 Å². The van der Waals surface area contributed by atoms with Gasteiger partial charge >= 0.3 is 0 Å². The van der Waals surface area contributed by atoms with Crippen molar-refractivity contribution in [3.8, 4) is 0 Å². The summed E-state index contributed by atoms with van der Waals surface area (Å²) in [5.74, 6) is 0. The summed E-state index contributed by atoms with van der Waals surface area (Å²) in [5, 5.41) is 5.85. The van der Waals surface area contributed by atoms with E-state index in [4.69, 9.17) is 28.2 Å². The van der Waals surface area contributed by atoms with E-state index < -0.39 is 0 Å². The number of nitrogens with one attached hydrogen (secondary N) is 1. The second-order valence-corrected chi connectivity index (χ2v) is 7.22. The van der Waals surface area contributed by atoms with Crippen molar-refractivity contribution < 1.29 is 0 Å². The summed E-state index contributed by atoms with van der Waals surface area (Å²) >= 11 is 14.0. The number of thiazole rings is 1. The molecule has 1 aliphatic carbocycles. The van der Waals surface area contributed by atoms with Crippen molar-refractivity contribution in [3.63, 3.8) is 0 Å². The molecule has 0 fully saturated rings. The Morgan fingerprint density at radius 3 is 2.76 bits per heavy atom. The van der Waals surface area contributed by atoms with Gasteiger partial charge in [-0.25, -0.2) is 4.98 Å². The summed E-state index contributed by atoms with van der Waals surface area (Å²) < 4.78 is 0. The average Bonchev–Trinajstić information content (AvgIpc) is 2.91. The summed E-state index contributed by atoms with van der Waals surface area (Å²) in [4.78, 5) is 6.34. The second kappa shape index (κ2) is 6.66. The number of aryl methyl sites for hydroxylation is 2. The van der Waals surface area contributed by atoms with Gasteiger partial charge in [0, 0.05) is 4.88 Å². The molecular weight excluding hydrogens is 323 g/mol. The molecule has 112 valence electrons. The van der Waals surface area contributed by atoms with Gasteiger partial charge in [-0.1, -0.05) is 36.2 Å². The number of halogens is 2. The summed E-state index contributed by atoms with van der Waals surface area (Å²) in [6, 6.07) is 5.93. The van der Waals surface area contributed by atoms with E-state index >= 15 is 0 Å². The van der Waals surface area contributed by atoms with Crippen molar-refractivity contribution in [3.05, 3.63) is 49.4 Å². The molecule has 0 radical (unpaired) electrons. The molecule has 1 heterocycles. The number of rotatable bonds is 4. The smallest absolute Gasteiger partial charge is 0.115 e. The topological polar surface area (TPSA) is 24.9 Å². The highest BCUT2D eigenvalue weighted by molar-refractivity contribution is 7.11. The predicted molar refractivity (Wildman–Crippen MR) is 90.7 cm³/mol. The standard InChI is InChI=1S/C16H18Cl2N2S/c1-2-19-15(10-7-8-11(17)12(18)9-10)16-20-13-5-3-4-6-14(13)21-16/h7-9,15,19H,2-6H2,1H3. The molecule has 0 spiro atoms. The molecule has 1 N–H and O–H groups in total. The van der Waals surface area contributed by atoms with Gasteiger partial charge in [-0.2, -0.15) is 0 Å². The number of benzene rings is 1. The monoisotopic (exact) mass is 340 g/mol. The fraction of sp³-hybridized carbons (Fsp3) is 0.438. The molecule has 0 saturated carbocycles. The van der Waals surface area contributed by atoms with E-state index in [0.29, 0.717) is 10.0 Å². The molecule has 1 aromatic heterocycles. The first-order chi connectivity index (χ1) is 10.2. The summed E-state index contributed by atoms with van der Waals surface area (Å²) in [6.07, 6.45) is 4.83. The number of fused-ring (bicyclic) bond motifs is 1. The van der Waals surface area contributed by atoms with Crippen LogP contribution in [0.4, 0.5) is 0 Å². The Hall–Kier alpha value is -0.610. The Morgan fingerprint density at radius 1 is 1.24 bits per heavy atom. The van der Waals surface area contributed by atoms with E-state index in [0.717, 1.165) is 23.5 Å². The van der Waals surface area contributed by atoms with Gasteiger partial charge in [0.1, 0.15) is 5.01 Å². The molecule has 1 aliphatic rings. The van der Waals surface area contributed by atoms with Crippen molar-refractivity contribution in [2.45, 2.75) is 38.6 Å². The fourth-order valence-electron chi connectivity index (χ4n) is 2.74. The first kappa shape index (κ1) is 15.3. The van der Waals surface area contributed by atoms with Crippen LogP contribution in [0.25, 0.3) is 0 Å². The van der Waals surface area contributed by atoms with Crippen molar-refractivity contribution in [2.24, 2.45) is 0 Å². The number of aromatic nitrogens is 1. The lowest BCUT2D eigenvalue weighted by Crippen LogP contribution is -2.21. The van der Waals surface area contributed by atoms with Crippen molar-refractivity contribution in [1.82, 2.24) is 10.3 Å². The van der Waals surface area contributed by atoms with Crippen LogP contribution in [0.5, 0.6) is 0 Å². The first-order valence-corrected chi connectivity index (χ1v) is 8.93. The zero-order valence-electron chi connectivity index (χ0n) is 12.0. The van der Waals surface area contributed by atoms with Crippen LogP contribution in [0.3, 0.4) is 0 Å². The highest BCUT2D eigenvalue weighted by Gasteiger charge is 2.22. The summed E-state index contributed by atoms with van der Waals surface area (Å²) in [7, 11) is 0. The average molecular weight is 341 g/mol. The van der Waals surface area contributed by atoms with Crippen LogP contribution in [0.1, 0.15) is 46.9 Å². The summed E-state index contributed by atoms with van der Waals surface area (Å²) in [6.45, 7) is 2.99. The molecule has 0 bridgehead atoms. The zero-order chi connectivity index (χ0) is 14.8. The van der Waals surface area contributed by atoms with Gasteiger partial charge < -0.3 is 5.32 Å². The Balaban J connectivity index is 1.96. The number of hydrogen-bond acceptors (Lipinski definition) is 3. The maximum absolute atomic E-state index is 6.17. The van der Waals surface area contributed by atoms with Gasteiger partial charge in [-0.3, -0.25) is 0 Å². The first-order valence-electron chi connectivity index (χ1n) is 7.36. The Bertz CT molecular complexity index is 616. The van der Waals surface area contributed by atoms with E-state index in [1.807, 2.05) is 29.5 Å². The van der Waals surface area contributed by atoms with Crippen LogP contribution in [0.15, 0.2) is 18.2 Å². The largest absolute Gasteiger partial charge is 0.305 e. The minimum Gasteiger partial charge on any atom is -0.305 e. The summed E-state index contributed by atoms with van der Waals surface area (Å²) in [5.41, 5.74) is 2.42. The van der Waals surface area contributed by atoms with Gasteiger partial charge in [0.15, 0.2) is 0 Å². The molecule has 2 nitrogen and oxygen atoms in total. The molecule has 5 heteroatoms. The predicted octanol–water partition coefficient (Wildman–Crippen LogP) is 5.03. The van der Waals surface area contributed by atoms with Crippen LogP contribution in [-0.2, 0) is 12.8 Å². The quantitative estimate of drug-likeness (QED) is 0.844. The van der Waals surface area contributed by atoms with Gasteiger partial charge in [0.05, 0.1) is 21.8 Å². The van der Waals surface area contributed by atoms with Crippen molar-refractivity contribution in [1.29, 1.82) is 0 Å². The van der Waals surface area contributed by atoms with E-state index in [2.05, 4.69) is 12.2 Å². The Labute approximate surface area is 139 Å². The zero-order valence-corrected chi connectivity index (χ0v) is 14.3. The van der Waals surface area contributed by atoms with Gasteiger partial charge in [0.2, 0.25) is 0 Å². The molecule has 0 saturated heterocycles. The van der Waals surface area contributed by atoms with Crippen molar-refractivity contribution >= 4 is 34.5 Å². The molecule has 1 aromatic carbocycles. The lowest BCUT2D eigenvalue weighted by molar-refractivity contribution is 0.621. The molecule has 21 heavy (non-hydrogen) atoms. The van der Waals surface area contributed by atoms with Crippen LogP contribution >= 0.6 is 34.5 Å². The molecule has 2 aromatic rings. The maximum Gasteiger partial charge on any atom is 0.115 e. The van der Waals surface area contributed by atoms with Gasteiger partial charge in [0.25, 0.3) is 0 Å². The molecular formula is C16H18Cl2N2S. The third kappa shape index (κ3) is 3.26. The fourth-order valence-corrected chi connectivity index (χ4v) is 4.30. The van der Waals surface area contributed by atoms with Crippen LogP contribution in [0.2, 0.25) is 10.0 Å². The lowest BCUT2D eigenvalue weighted by atomic mass is 10.0. The molecule has 1 atom stereocenters. The van der Waals surface area contributed by atoms with Crippen molar-refractivity contribution in [2.75, 3.05) is 6.54 Å². The Morgan fingerprint density at radius 2 is 2.05 bits per heavy atom. The van der Waals surface area contributed by atoms with Crippen LogP contribution < -0.4 is 5.32 Å². The number of hydrogen-bond donors (Lipinski definition) is 1. The molecule has 3 rings (SSSR count). The lowest BCUT2D eigenvalue weighted by Gasteiger charge is -2.16. The maximum atomic E-state index is 6.17. The molecule has 0 aliphatic heterocycles. The third-order valence-corrected chi connectivity index (χ3v) is 5.76. The minimum absolute atomic E-state index is 0.0976. The van der Waals surface area contributed by atoms with Crippen LogP contribution in [-0.4, -0.2) is 11.5 Å². The van der Waals surface area contributed by atoms with Crippen LogP contribution in [0, 0.1) is 0 Å². The Kier molecular flexibility index (Phi) is 4.85. The van der Waals surface area contributed by atoms with E-state index in [9.17, 15) is 0 Å². The highest BCUT2D eigenvalue weighted by Crippen LogP contribution is 2.34. The van der Waals surface area contributed by atoms with Gasteiger partial charge in [-0.15, -0.1) is 11.3 Å². The second-order valence-electron chi connectivity index (χ2n) is 5.29.